The van der Waals surface area contributed by atoms with Crippen molar-refractivity contribution in [2.45, 2.75) is 38.0 Å². The molecule has 1 aliphatic heterocycles. The van der Waals surface area contributed by atoms with Crippen LogP contribution >= 0.6 is 0 Å². The van der Waals surface area contributed by atoms with Gasteiger partial charge in [0.15, 0.2) is 0 Å². The Morgan fingerprint density at radius 2 is 1.89 bits per heavy atom. The van der Waals surface area contributed by atoms with E-state index in [2.05, 4.69) is 28.3 Å². The van der Waals surface area contributed by atoms with Crippen molar-refractivity contribution in [3.8, 4) is 11.4 Å². The van der Waals surface area contributed by atoms with Gasteiger partial charge in [-0.15, -0.1) is 0 Å². The van der Waals surface area contributed by atoms with Crippen molar-refractivity contribution in [1.29, 1.82) is 0 Å². The summed E-state index contributed by atoms with van der Waals surface area (Å²) >= 11 is 0. The number of anilines is 1. The predicted octanol–water partition coefficient (Wildman–Crippen LogP) is 4.52. The first-order valence-electron chi connectivity index (χ1n) is 9.49. The first-order valence-corrected chi connectivity index (χ1v) is 9.49. The number of para-hydroxylation sites is 1. The van der Waals surface area contributed by atoms with Crippen molar-refractivity contribution < 1.29 is 9.32 Å². The molecule has 1 spiro atoms. The van der Waals surface area contributed by atoms with Gasteiger partial charge in [0.25, 0.3) is 5.91 Å². The number of benzene rings is 1. The maximum absolute atomic E-state index is 13.6. The zero-order valence-electron chi connectivity index (χ0n) is 15.3. The van der Waals surface area contributed by atoms with Crippen LogP contribution in [-0.2, 0) is 5.41 Å². The molecule has 0 bridgehead atoms. The molecule has 5 heteroatoms. The highest BCUT2D eigenvalue weighted by molar-refractivity contribution is 6.11. The largest absolute Gasteiger partial charge is 0.360 e. The van der Waals surface area contributed by atoms with Crippen LogP contribution < -0.4 is 4.90 Å². The summed E-state index contributed by atoms with van der Waals surface area (Å²) in [6, 6.07) is 13.9. The summed E-state index contributed by atoms with van der Waals surface area (Å²) in [4.78, 5) is 19.9. The van der Waals surface area contributed by atoms with Crippen LogP contribution in [0.1, 0.15) is 47.4 Å². The minimum atomic E-state index is -0.0503. The van der Waals surface area contributed by atoms with Crippen LogP contribution in [0.5, 0.6) is 0 Å². The Hall–Kier alpha value is -2.95. The standard InChI is InChI=1S/C22H21N3O2/c1-15-19(20(24-27-15)17-9-4-7-13-23-17)21(26)25-14-22(11-5-6-12-22)16-8-2-3-10-18(16)25/h2-4,7-10,13H,5-6,11-12,14H2,1H3. The lowest BCUT2D eigenvalue weighted by Crippen LogP contribution is -2.36. The molecule has 0 unspecified atom stereocenters. The monoisotopic (exact) mass is 359 g/mol. The summed E-state index contributed by atoms with van der Waals surface area (Å²) in [6.07, 6.45) is 6.43. The smallest absolute Gasteiger partial charge is 0.264 e. The topological polar surface area (TPSA) is 59.2 Å². The Morgan fingerprint density at radius 3 is 2.67 bits per heavy atom. The molecule has 1 fully saturated rings. The van der Waals surface area contributed by atoms with Gasteiger partial charge in [0.2, 0.25) is 0 Å². The van der Waals surface area contributed by atoms with E-state index in [0.717, 1.165) is 25.1 Å². The average Bonchev–Trinajstić information content (AvgIpc) is 3.41. The van der Waals surface area contributed by atoms with E-state index < -0.39 is 0 Å². The number of hydrogen-bond acceptors (Lipinski definition) is 4. The van der Waals surface area contributed by atoms with Gasteiger partial charge < -0.3 is 9.42 Å². The number of nitrogens with zero attached hydrogens (tertiary/aromatic N) is 3. The zero-order valence-corrected chi connectivity index (χ0v) is 15.3. The van der Waals surface area contributed by atoms with Crippen molar-refractivity contribution in [3.05, 3.63) is 65.5 Å². The van der Waals surface area contributed by atoms with E-state index in [1.165, 1.54) is 18.4 Å². The fourth-order valence-electron chi connectivity index (χ4n) is 4.73. The summed E-state index contributed by atoms with van der Waals surface area (Å²) in [6.45, 7) is 2.53. The van der Waals surface area contributed by atoms with Crippen LogP contribution in [0.3, 0.4) is 0 Å². The molecule has 1 aliphatic carbocycles. The molecule has 0 saturated heterocycles. The van der Waals surface area contributed by atoms with Crippen LogP contribution in [0.15, 0.2) is 53.2 Å². The molecule has 2 aromatic heterocycles. The van der Waals surface area contributed by atoms with E-state index in [0.29, 0.717) is 22.7 Å². The van der Waals surface area contributed by atoms with Gasteiger partial charge in [-0.3, -0.25) is 9.78 Å². The van der Waals surface area contributed by atoms with Crippen molar-refractivity contribution in [1.82, 2.24) is 10.1 Å². The maximum Gasteiger partial charge on any atom is 0.264 e. The number of carbonyl (C=O) groups excluding carboxylic acids is 1. The molecule has 0 N–H and O–H groups in total. The summed E-state index contributed by atoms with van der Waals surface area (Å²) in [5.41, 5.74) is 4.12. The highest BCUT2D eigenvalue weighted by Crippen LogP contribution is 2.50. The average molecular weight is 359 g/mol. The van der Waals surface area contributed by atoms with Crippen molar-refractivity contribution in [2.75, 3.05) is 11.4 Å². The van der Waals surface area contributed by atoms with E-state index in [1.54, 1.807) is 13.1 Å². The molecule has 1 saturated carbocycles. The molecule has 5 nitrogen and oxygen atoms in total. The molecule has 1 aromatic carbocycles. The van der Waals surface area contributed by atoms with Gasteiger partial charge in [-0.1, -0.05) is 42.3 Å². The van der Waals surface area contributed by atoms with Crippen molar-refractivity contribution >= 4 is 11.6 Å². The Labute approximate surface area is 158 Å². The summed E-state index contributed by atoms with van der Waals surface area (Å²) in [5.74, 6) is 0.483. The third kappa shape index (κ3) is 2.41. The Morgan fingerprint density at radius 1 is 1.11 bits per heavy atom. The minimum Gasteiger partial charge on any atom is -0.360 e. The summed E-state index contributed by atoms with van der Waals surface area (Å²) in [5, 5.41) is 4.14. The first kappa shape index (κ1) is 16.2. The van der Waals surface area contributed by atoms with Crippen LogP contribution in [0.2, 0.25) is 0 Å². The lowest BCUT2D eigenvalue weighted by molar-refractivity contribution is 0.0984. The Kier molecular flexibility index (Phi) is 3.64. The molecular weight excluding hydrogens is 338 g/mol. The van der Waals surface area contributed by atoms with Gasteiger partial charge in [0, 0.05) is 23.8 Å². The lowest BCUT2D eigenvalue weighted by Gasteiger charge is -2.24. The summed E-state index contributed by atoms with van der Waals surface area (Å²) < 4.78 is 5.40. The highest BCUT2D eigenvalue weighted by Gasteiger charge is 2.46. The van der Waals surface area contributed by atoms with Crippen LogP contribution in [0.25, 0.3) is 11.4 Å². The SMILES string of the molecule is Cc1onc(-c2ccccn2)c1C(=O)N1CC2(CCCC2)c2ccccc21. The number of carbonyl (C=O) groups is 1. The van der Waals surface area contributed by atoms with Gasteiger partial charge in [0.1, 0.15) is 17.0 Å². The van der Waals surface area contributed by atoms with Gasteiger partial charge in [0.05, 0.1) is 5.69 Å². The van der Waals surface area contributed by atoms with Gasteiger partial charge >= 0.3 is 0 Å². The quantitative estimate of drug-likeness (QED) is 0.675. The molecule has 3 aromatic rings. The number of rotatable bonds is 2. The van der Waals surface area contributed by atoms with E-state index in [-0.39, 0.29) is 11.3 Å². The number of aromatic nitrogens is 2. The highest BCUT2D eigenvalue weighted by atomic mass is 16.5. The number of fused-ring (bicyclic) bond motifs is 2. The Bertz CT molecular complexity index is 1000. The van der Waals surface area contributed by atoms with Crippen LogP contribution in [-0.4, -0.2) is 22.6 Å². The second-order valence-electron chi connectivity index (χ2n) is 7.57. The molecule has 2 aliphatic rings. The number of amides is 1. The van der Waals surface area contributed by atoms with Gasteiger partial charge in [-0.2, -0.15) is 0 Å². The predicted molar refractivity (Wildman–Crippen MR) is 103 cm³/mol. The van der Waals surface area contributed by atoms with Gasteiger partial charge in [-0.05, 0) is 43.5 Å². The fraction of sp³-hybridized carbons (Fsp3) is 0.318. The summed E-state index contributed by atoms with van der Waals surface area (Å²) in [7, 11) is 0. The maximum atomic E-state index is 13.6. The third-order valence-electron chi connectivity index (χ3n) is 6.02. The van der Waals surface area contributed by atoms with Crippen LogP contribution in [0.4, 0.5) is 5.69 Å². The number of pyridine rings is 1. The second-order valence-corrected chi connectivity index (χ2v) is 7.57. The second kappa shape index (κ2) is 6.05. The third-order valence-corrected chi connectivity index (χ3v) is 6.02. The van der Waals surface area contributed by atoms with Crippen molar-refractivity contribution in [3.63, 3.8) is 0 Å². The minimum absolute atomic E-state index is 0.0503. The first-order chi connectivity index (χ1) is 13.2. The van der Waals surface area contributed by atoms with E-state index in [9.17, 15) is 4.79 Å². The van der Waals surface area contributed by atoms with E-state index in [1.807, 2.05) is 29.2 Å². The molecule has 0 radical (unpaired) electrons. The van der Waals surface area contributed by atoms with Crippen molar-refractivity contribution in [2.24, 2.45) is 0 Å². The molecule has 3 heterocycles. The molecule has 5 rings (SSSR count). The molecular formula is C22H21N3O2. The molecule has 0 atom stereocenters. The Balaban J connectivity index is 1.59. The van der Waals surface area contributed by atoms with Crippen LogP contribution in [0, 0.1) is 6.92 Å². The molecule has 1 amide bonds. The zero-order chi connectivity index (χ0) is 18.4. The fourth-order valence-corrected chi connectivity index (χ4v) is 4.73. The normalized spacial score (nSPS) is 17.4. The molecule has 136 valence electrons. The van der Waals surface area contributed by atoms with E-state index >= 15 is 0 Å². The van der Waals surface area contributed by atoms with E-state index in [4.69, 9.17) is 4.52 Å². The molecule has 27 heavy (non-hydrogen) atoms. The lowest BCUT2D eigenvalue weighted by atomic mass is 9.81. The van der Waals surface area contributed by atoms with Gasteiger partial charge in [-0.25, -0.2) is 0 Å². The number of aryl methyl sites for hydroxylation is 1. The number of hydrogen-bond donors (Lipinski definition) is 0.